The van der Waals surface area contributed by atoms with Crippen LogP contribution in [0.2, 0.25) is 0 Å². The molecule has 9 heteroatoms. The van der Waals surface area contributed by atoms with Crippen LogP contribution in [0.3, 0.4) is 0 Å². The van der Waals surface area contributed by atoms with Gasteiger partial charge in [0, 0.05) is 12.8 Å². The van der Waals surface area contributed by atoms with Crippen molar-refractivity contribution in [2.75, 3.05) is 13.2 Å². The van der Waals surface area contributed by atoms with Gasteiger partial charge in [-0.3, -0.25) is 14.1 Å². The normalized spacial score (nSPS) is 13.7. The Bertz CT molecular complexity index is 849. The van der Waals surface area contributed by atoms with E-state index in [1.54, 1.807) is 0 Å². The molecule has 0 rings (SSSR count). The van der Waals surface area contributed by atoms with Gasteiger partial charge in [0.05, 0.1) is 6.61 Å². The van der Waals surface area contributed by atoms with Crippen LogP contribution < -0.4 is 0 Å². The van der Waals surface area contributed by atoms with Crippen LogP contribution in [0.15, 0.2) is 72.9 Å². The second-order valence-electron chi connectivity index (χ2n) is 8.34. The number of carbonyl (C=O) groups is 2. The standard InChI is InChI=1S/C29H45O8P/c1-3-5-7-9-11-12-13-14-15-16-18-20-22-24-29(31)37-27(26-36-38(32,33)34)25-35-28(30)23-21-19-17-10-8-6-4-2/h5-9,11-15,17,19,27H,3-4,10,16,18,20-26H2,1-2H3,(H2,32,33,34)/b7-5+,8-6+,11-9+,13-12+,15-14+,19-17+. The van der Waals surface area contributed by atoms with Crippen molar-refractivity contribution in [2.24, 2.45) is 0 Å². The van der Waals surface area contributed by atoms with Gasteiger partial charge in [-0.15, -0.1) is 0 Å². The van der Waals surface area contributed by atoms with Crippen molar-refractivity contribution >= 4 is 19.8 Å². The third kappa shape index (κ3) is 26.6. The van der Waals surface area contributed by atoms with Crippen molar-refractivity contribution in [1.82, 2.24) is 0 Å². The van der Waals surface area contributed by atoms with Gasteiger partial charge in [-0.25, -0.2) is 4.57 Å². The van der Waals surface area contributed by atoms with Crippen molar-refractivity contribution in [1.29, 1.82) is 0 Å². The van der Waals surface area contributed by atoms with Crippen LogP contribution >= 0.6 is 7.82 Å². The summed E-state index contributed by atoms with van der Waals surface area (Å²) < 4.78 is 25.8. The summed E-state index contributed by atoms with van der Waals surface area (Å²) in [5.41, 5.74) is 0. The predicted octanol–water partition coefficient (Wildman–Crippen LogP) is 6.83. The lowest BCUT2D eigenvalue weighted by Gasteiger charge is -2.18. The zero-order valence-electron chi connectivity index (χ0n) is 22.8. The summed E-state index contributed by atoms with van der Waals surface area (Å²) in [7, 11) is -4.76. The lowest BCUT2D eigenvalue weighted by molar-refractivity contribution is -0.161. The number of carbonyl (C=O) groups excluding carboxylic acids is 2. The van der Waals surface area contributed by atoms with Crippen LogP contribution in [0.25, 0.3) is 0 Å². The number of rotatable bonds is 22. The minimum atomic E-state index is -4.76. The first-order chi connectivity index (χ1) is 18.3. The van der Waals surface area contributed by atoms with Gasteiger partial charge in [-0.05, 0) is 44.9 Å². The summed E-state index contributed by atoms with van der Waals surface area (Å²) in [6, 6.07) is 0. The second kappa shape index (κ2) is 24.8. The van der Waals surface area contributed by atoms with E-state index in [9.17, 15) is 14.2 Å². The lowest BCUT2D eigenvalue weighted by atomic mass is 10.1. The number of phosphoric ester groups is 1. The Morgan fingerprint density at radius 1 is 0.711 bits per heavy atom. The van der Waals surface area contributed by atoms with Gasteiger partial charge >= 0.3 is 19.8 Å². The SMILES string of the molecule is CC/C=C/C=C/C=C/C=C/CCCCCC(=O)OC(COC(=O)CC/C=C/C/C=C/CC)COP(=O)(O)O. The molecule has 0 fully saturated rings. The number of unbranched alkanes of at least 4 members (excludes halogenated alkanes) is 3. The molecule has 0 aromatic heterocycles. The minimum absolute atomic E-state index is 0.144. The molecule has 0 saturated heterocycles. The molecule has 0 amide bonds. The molecule has 0 radical (unpaired) electrons. The Hall–Kier alpha value is -2.51. The fourth-order valence-corrected chi connectivity index (χ4v) is 3.27. The highest BCUT2D eigenvalue weighted by Crippen LogP contribution is 2.35. The average Bonchev–Trinajstić information content (AvgIpc) is 2.87. The molecule has 1 atom stereocenters. The highest BCUT2D eigenvalue weighted by atomic mass is 31.2. The second-order valence-corrected chi connectivity index (χ2v) is 9.58. The van der Waals surface area contributed by atoms with Crippen molar-refractivity contribution in [3.05, 3.63) is 72.9 Å². The maximum absolute atomic E-state index is 12.2. The van der Waals surface area contributed by atoms with Gasteiger partial charge in [-0.2, -0.15) is 0 Å². The highest BCUT2D eigenvalue weighted by molar-refractivity contribution is 7.46. The molecule has 0 aromatic carbocycles. The van der Waals surface area contributed by atoms with Crippen LogP contribution in [0, 0.1) is 0 Å². The monoisotopic (exact) mass is 552 g/mol. The zero-order chi connectivity index (χ0) is 28.3. The summed E-state index contributed by atoms with van der Waals surface area (Å²) in [6.07, 6.45) is 29.7. The Morgan fingerprint density at radius 2 is 1.37 bits per heavy atom. The van der Waals surface area contributed by atoms with E-state index < -0.39 is 32.5 Å². The first-order valence-corrected chi connectivity index (χ1v) is 14.8. The molecule has 0 aliphatic rings. The first-order valence-electron chi connectivity index (χ1n) is 13.3. The summed E-state index contributed by atoms with van der Waals surface area (Å²) in [4.78, 5) is 42.0. The molecule has 0 aliphatic heterocycles. The fourth-order valence-electron chi connectivity index (χ4n) is 2.91. The molecule has 38 heavy (non-hydrogen) atoms. The lowest BCUT2D eigenvalue weighted by Crippen LogP contribution is -2.29. The maximum atomic E-state index is 12.2. The third-order valence-corrected chi connectivity index (χ3v) is 5.31. The fraction of sp³-hybridized carbons (Fsp3) is 0.517. The number of ether oxygens (including phenoxy) is 2. The quantitative estimate of drug-likeness (QED) is 0.0493. The van der Waals surface area contributed by atoms with E-state index in [-0.39, 0.29) is 19.4 Å². The molecule has 1 unspecified atom stereocenters. The van der Waals surface area contributed by atoms with Crippen LogP contribution in [0.5, 0.6) is 0 Å². The van der Waals surface area contributed by atoms with E-state index >= 15 is 0 Å². The number of esters is 2. The molecular weight excluding hydrogens is 507 g/mol. The number of phosphoric acid groups is 1. The molecule has 0 aliphatic carbocycles. The van der Waals surface area contributed by atoms with Crippen molar-refractivity contribution in [3.8, 4) is 0 Å². The van der Waals surface area contributed by atoms with Crippen LogP contribution in [-0.2, 0) is 28.2 Å². The Balaban J connectivity index is 4.29. The van der Waals surface area contributed by atoms with Gasteiger partial charge in [-0.1, -0.05) is 93.2 Å². The molecule has 0 saturated carbocycles. The number of hydrogen-bond acceptors (Lipinski definition) is 6. The largest absolute Gasteiger partial charge is 0.469 e. The number of hydrogen-bond donors (Lipinski definition) is 2. The summed E-state index contributed by atoms with van der Waals surface area (Å²) in [5, 5.41) is 0. The van der Waals surface area contributed by atoms with Crippen LogP contribution in [0.1, 0.15) is 78.1 Å². The van der Waals surface area contributed by atoms with Gasteiger partial charge in [0.2, 0.25) is 0 Å². The molecule has 0 aromatic rings. The van der Waals surface area contributed by atoms with E-state index in [1.165, 1.54) is 0 Å². The summed E-state index contributed by atoms with van der Waals surface area (Å²) >= 11 is 0. The van der Waals surface area contributed by atoms with Gasteiger partial charge in [0.15, 0.2) is 6.10 Å². The van der Waals surface area contributed by atoms with Crippen LogP contribution in [0.4, 0.5) is 0 Å². The van der Waals surface area contributed by atoms with Crippen LogP contribution in [-0.4, -0.2) is 41.0 Å². The van der Waals surface area contributed by atoms with Crippen molar-refractivity contribution < 1.29 is 37.9 Å². The Labute approximate surface area is 228 Å². The molecule has 0 spiro atoms. The van der Waals surface area contributed by atoms with E-state index in [0.29, 0.717) is 12.8 Å². The van der Waals surface area contributed by atoms with E-state index in [0.717, 1.165) is 38.5 Å². The van der Waals surface area contributed by atoms with Crippen molar-refractivity contribution in [2.45, 2.75) is 84.2 Å². The van der Waals surface area contributed by atoms with E-state index in [4.69, 9.17) is 19.3 Å². The average molecular weight is 553 g/mol. The molecule has 0 heterocycles. The third-order valence-electron chi connectivity index (χ3n) is 4.83. The topological polar surface area (TPSA) is 119 Å². The zero-order valence-corrected chi connectivity index (χ0v) is 23.7. The predicted molar refractivity (Wildman–Crippen MR) is 151 cm³/mol. The Kier molecular flexibility index (Phi) is 23.2. The molecule has 0 bridgehead atoms. The summed E-state index contributed by atoms with van der Waals surface area (Å²) in [6.45, 7) is 3.23. The maximum Gasteiger partial charge on any atom is 0.469 e. The minimum Gasteiger partial charge on any atom is -0.462 e. The summed E-state index contributed by atoms with van der Waals surface area (Å²) in [5.74, 6) is -1.03. The smallest absolute Gasteiger partial charge is 0.462 e. The van der Waals surface area contributed by atoms with Gasteiger partial charge < -0.3 is 19.3 Å². The van der Waals surface area contributed by atoms with Gasteiger partial charge in [0.1, 0.15) is 6.61 Å². The highest BCUT2D eigenvalue weighted by Gasteiger charge is 2.22. The van der Waals surface area contributed by atoms with E-state index in [1.807, 2.05) is 54.7 Å². The Morgan fingerprint density at radius 3 is 2.05 bits per heavy atom. The molecule has 2 N–H and O–H groups in total. The number of allylic oxidation sites excluding steroid dienone is 12. The van der Waals surface area contributed by atoms with Gasteiger partial charge in [0.25, 0.3) is 0 Å². The first kappa shape index (κ1) is 35.5. The van der Waals surface area contributed by atoms with E-state index in [2.05, 4.69) is 36.6 Å². The molecule has 214 valence electrons. The molecule has 8 nitrogen and oxygen atoms in total. The van der Waals surface area contributed by atoms with Crippen molar-refractivity contribution in [3.63, 3.8) is 0 Å². The molecular formula is C29H45O8P.